The first-order chi connectivity index (χ1) is 11.4. The number of fused-ring (bicyclic) bond motifs is 3. The van der Waals surface area contributed by atoms with Gasteiger partial charge in [0, 0.05) is 0 Å². The summed E-state index contributed by atoms with van der Waals surface area (Å²) in [6.45, 7) is 4.54. The first kappa shape index (κ1) is 17.8. The summed E-state index contributed by atoms with van der Waals surface area (Å²) >= 11 is 0. The highest BCUT2D eigenvalue weighted by atomic mass is 14.2. The van der Waals surface area contributed by atoms with E-state index in [4.69, 9.17) is 0 Å². The van der Waals surface area contributed by atoms with Crippen molar-refractivity contribution in [2.24, 2.45) is 0 Å². The summed E-state index contributed by atoms with van der Waals surface area (Å²) in [6.07, 6.45) is 12.6. The van der Waals surface area contributed by atoms with Crippen LogP contribution in [0.5, 0.6) is 0 Å². The zero-order chi connectivity index (χ0) is 16.3. The normalized spacial score (nSPS) is 11.4. The van der Waals surface area contributed by atoms with Gasteiger partial charge in [-0.25, -0.2) is 0 Å². The van der Waals surface area contributed by atoms with E-state index in [1.807, 2.05) is 0 Å². The molecule has 0 N–H and O–H groups in total. The van der Waals surface area contributed by atoms with Crippen LogP contribution in [0.15, 0.2) is 48.5 Å². The summed E-state index contributed by atoms with van der Waals surface area (Å²) in [6, 6.07) is 17.3. The molecule has 2 aromatic carbocycles. The van der Waals surface area contributed by atoms with Gasteiger partial charge in [-0.2, -0.15) is 0 Å². The predicted octanol–water partition coefficient (Wildman–Crippen LogP) is 7.40. The second-order valence-corrected chi connectivity index (χ2v) is 6.61. The highest BCUT2D eigenvalue weighted by Crippen LogP contribution is 2.35. The van der Waals surface area contributed by atoms with Gasteiger partial charge in [0.05, 0.1) is 0 Å². The number of rotatable bonds is 7. The van der Waals surface area contributed by atoms with Crippen LogP contribution < -0.4 is 0 Å². The molecule has 0 radical (unpaired) electrons. The molecule has 0 saturated carbocycles. The lowest BCUT2D eigenvalue weighted by Gasteiger charge is -1.98. The molecule has 0 atom stereocenters. The maximum atomic E-state index is 2.27. The maximum absolute atomic E-state index is 2.27. The molecule has 0 heteroatoms. The van der Waals surface area contributed by atoms with Crippen LogP contribution in [0.2, 0.25) is 0 Å². The fourth-order valence-electron chi connectivity index (χ4n) is 3.29. The smallest absolute Gasteiger partial charge is 0.00135 e. The quantitative estimate of drug-likeness (QED) is 0.399. The first-order valence-electron chi connectivity index (χ1n) is 9.53. The molecule has 124 valence electrons. The van der Waals surface area contributed by atoms with E-state index in [9.17, 15) is 0 Å². The van der Waals surface area contributed by atoms with Crippen molar-refractivity contribution in [3.8, 4) is 11.1 Å². The van der Waals surface area contributed by atoms with E-state index in [2.05, 4.69) is 62.4 Å². The van der Waals surface area contributed by atoms with Gasteiger partial charge in [0.25, 0.3) is 0 Å². The zero-order valence-electron chi connectivity index (χ0n) is 15.0. The van der Waals surface area contributed by atoms with Crippen LogP contribution >= 0.6 is 0 Å². The van der Waals surface area contributed by atoms with E-state index in [0.717, 1.165) is 6.42 Å². The van der Waals surface area contributed by atoms with Gasteiger partial charge in [0.15, 0.2) is 0 Å². The Morgan fingerprint density at radius 1 is 0.565 bits per heavy atom. The maximum Gasteiger partial charge on any atom is -0.00135 e. The van der Waals surface area contributed by atoms with E-state index in [1.165, 1.54) is 73.6 Å². The molecule has 0 heterocycles. The van der Waals surface area contributed by atoms with Gasteiger partial charge in [-0.3, -0.25) is 0 Å². The van der Waals surface area contributed by atoms with Crippen LogP contribution in [0.3, 0.4) is 0 Å². The average molecular weight is 309 g/mol. The highest BCUT2D eigenvalue weighted by molar-refractivity contribution is 5.76. The summed E-state index contributed by atoms with van der Waals surface area (Å²) in [4.78, 5) is 0. The minimum absolute atomic E-state index is 1.10. The van der Waals surface area contributed by atoms with Crippen LogP contribution in [0, 0.1) is 0 Å². The Morgan fingerprint density at radius 2 is 0.957 bits per heavy atom. The van der Waals surface area contributed by atoms with Crippen molar-refractivity contribution < 1.29 is 0 Å². The summed E-state index contributed by atoms with van der Waals surface area (Å²) in [5.41, 5.74) is 5.75. The molecule has 0 saturated heterocycles. The number of hydrogen-bond acceptors (Lipinski definition) is 0. The predicted molar refractivity (Wildman–Crippen MR) is 103 cm³/mol. The third-order valence-corrected chi connectivity index (χ3v) is 4.66. The van der Waals surface area contributed by atoms with Crippen molar-refractivity contribution in [2.45, 2.75) is 71.6 Å². The summed E-state index contributed by atoms with van der Waals surface area (Å²) in [5.74, 6) is 0. The molecular weight excluding hydrogens is 276 g/mol. The Kier molecular flexibility index (Phi) is 7.93. The van der Waals surface area contributed by atoms with Crippen molar-refractivity contribution >= 4 is 0 Å². The van der Waals surface area contributed by atoms with Crippen molar-refractivity contribution in [1.82, 2.24) is 0 Å². The standard InChI is InChI=1S/C13H10.C10H22/c1-3-7-12-10(5-1)9-11-6-2-4-8-13(11)12;1-3-5-7-9-10-8-6-4-2/h1-8H,9H2;3-10H2,1-2H3. The largest absolute Gasteiger partial charge is 0.0654 e. The minimum atomic E-state index is 1.10. The highest BCUT2D eigenvalue weighted by Gasteiger charge is 2.15. The van der Waals surface area contributed by atoms with Crippen LogP contribution in [0.4, 0.5) is 0 Å². The summed E-state index contributed by atoms with van der Waals surface area (Å²) < 4.78 is 0. The van der Waals surface area contributed by atoms with Gasteiger partial charge in [-0.1, -0.05) is 114 Å². The van der Waals surface area contributed by atoms with Gasteiger partial charge >= 0.3 is 0 Å². The number of unbranched alkanes of at least 4 members (excludes halogenated alkanes) is 7. The lowest BCUT2D eigenvalue weighted by molar-refractivity contribution is 0.585. The molecule has 0 fully saturated rings. The second-order valence-electron chi connectivity index (χ2n) is 6.61. The molecule has 0 bridgehead atoms. The molecule has 2 aromatic rings. The third kappa shape index (κ3) is 5.53. The van der Waals surface area contributed by atoms with Crippen LogP contribution in [0.1, 0.15) is 76.3 Å². The van der Waals surface area contributed by atoms with E-state index in [0.29, 0.717) is 0 Å². The molecule has 0 aromatic heterocycles. The fourth-order valence-corrected chi connectivity index (χ4v) is 3.29. The van der Waals surface area contributed by atoms with Gasteiger partial charge in [-0.15, -0.1) is 0 Å². The fraction of sp³-hybridized carbons (Fsp3) is 0.478. The molecule has 0 amide bonds. The van der Waals surface area contributed by atoms with Crippen molar-refractivity contribution in [2.75, 3.05) is 0 Å². The monoisotopic (exact) mass is 308 g/mol. The second kappa shape index (κ2) is 10.3. The lowest BCUT2D eigenvalue weighted by atomic mass is 10.1. The third-order valence-electron chi connectivity index (χ3n) is 4.66. The zero-order valence-corrected chi connectivity index (χ0v) is 15.0. The topological polar surface area (TPSA) is 0 Å². The van der Waals surface area contributed by atoms with Crippen LogP contribution in [-0.4, -0.2) is 0 Å². The molecule has 0 aliphatic heterocycles. The van der Waals surface area contributed by atoms with E-state index < -0.39 is 0 Å². The first-order valence-corrected chi connectivity index (χ1v) is 9.53. The number of hydrogen-bond donors (Lipinski definition) is 0. The number of benzene rings is 2. The average Bonchev–Trinajstić information content (AvgIpc) is 2.97. The molecule has 0 nitrogen and oxygen atoms in total. The molecule has 23 heavy (non-hydrogen) atoms. The Bertz CT molecular complexity index is 516. The Labute approximate surface area is 143 Å². The van der Waals surface area contributed by atoms with Crippen molar-refractivity contribution in [3.63, 3.8) is 0 Å². The molecule has 0 unspecified atom stereocenters. The minimum Gasteiger partial charge on any atom is -0.0654 e. The molecule has 1 aliphatic carbocycles. The Morgan fingerprint density at radius 3 is 1.39 bits per heavy atom. The molecule has 3 rings (SSSR count). The van der Waals surface area contributed by atoms with Gasteiger partial charge in [0.1, 0.15) is 0 Å². The summed E-state index contributed by atoms with van der Waals surface area (Å²) in [5, 5.41) is 0. The Balaban J connectivity index is 0.000000175. The van der Waals surface area contributed by atoms with Crippen LogP contribution in [0.25, 0.3) is 11.1 Å². The molecule has 0 spiro atoms. The molecular formula is C23H32. The van der Waals surface area contributed by atoms with Crippen molar-refractivity contribution in [3.05, 3.63) is 59.7 Å². The van der Waals surface area contributed by atoms with E-state index >= 15 is 0 Å². The van der Waals surface area contributed by atoms with Gasteiger partial charge in [0.2, 0.25) is 0 Å². The van der Waals surface area contributed by atoms with Crippen molar-refractivity contribution in [1.29, 1.82) is 0 Å². The van der Waals surface area contributed by atoms with Gasteiger partial charge in [-0.05, 0) is 28.7 Å². The lowest BCUT2D eigenvalue weighted by Crippen LogP contribution is -1.77. The van der Waals surface area contributed by atoms with Gasteiger partial charge < -0.3 is 0 Å². The van der Waals surface area contributed by atoms with E-state index in [1.54, 1.807) is 0 Å². The van der Waals surface area contributed by atoms with E-state index in [-0.39, 0.29) is 0 Å². The molecule has 1 aliphatic rings. The SMILES string of the molecule is CCCCCCCCCC.c1ccc2c(c1)Cc1ccccc1-2. The summed E-state index contributed by atoms with van der Waals surface area (Å²) in [7, 11) is 0. The Hall–Kier alpha value is -1.56. The van der Waals surface area contributed by atoms with Crippen LogP contribution in [-0.2, 0) is 6.42 Å².